The zero-order valence-electron chi connectivity index (χ0n) is 14.3. The number of carbonyl (C=O) groups excluding carboxylic acids is 1. The highest BCUT2D eigenvalue weighted by atomic mass is 16.1. The number of pyridine rings is 1. The number of anilines is 1. The number of rotatable bonds is 4. The van der Waals surface area contributed by atoms with Crippen LogP contribution in [0.15, 0.2) is 48.7 Å². The van der Waals surface area contributed by atoms with Gasteiger partial charge in [0.05, 0.1) is 0 Å². The van der Waals surface area contributed by atoms with Crippen LogP contribution in [-0.4, -0.2) is 10.9 Å². The molecule has 0 saturated heterocycles. The molecular formula is C20H24N2O. The van der Waals surface area contributed by atoms with E-state index >= 15 is 0 Å². The summed E-state index contributed by atoms with van der Waals surface area (Å²) in [5.74, 6) is 0.447. The number of aryl methyl sites for hydroxylation is 1. The molecule has 2 aromatic rings. The van der Waals surface area contributed by atoms with Crippen molar-refractivity contribution in [1.29, 1.82) is 0 Å². The fourth-order valence-electron chi connectivity index (χ4n) is 2.04. The quantitative estimate of drug-likeness (QED) is 0.867. The fraction of sp³-hybridized carbons (Fsp3) is 0.300. The molecule has 120 valence electrons. The van der Waals surface area contributed by atoms with Gasteiger partial charge in [-0.15, -0.1) is 0 Å². The average molecular weight is 308 g/mol. The van der Waals surface area contributed by atoms with Gasteiger partial charge in [0.15, 0.2) is 0 Å². The molecule has 0 aliphatic heterocycles. The van der Waals surface area contributed by atoms with E-state index in [1.165, 1.54) is 0 Å². The lowest BCUT2D eigenvalue weighted by Crippen LogP contribution is -2.13. The molecule has 3 nitrogen and oxygen atoms in total. The average Bonchev–Trinajstić information content (AvgIpc) is 2.53. The summed E-state index contributed by atoms with van der Waals surface area (Å²) in [6.07, 6.45) is 6.87. The first-order valence-electron chi connectivity index (χ1n) is 7.93. The van der Waals surface area contributed by atoms with E-state index in [0.717, 1.165) is 17.5 Å². The van der Waals surface area contributed by atoms with Crippen molar-refractivity contribution in [2.24, 2.45) is 5.41 Å². The van der Waals surface area contributed by atoms with E-state index in [1.54, 1.807) is 6.20 Å². The van der Waals surface area contributed by atoms with E-state index in [2.05, 4.69) is 50.1 Å². The molecule has 0 spiro atoms. The van der Waals surface area contributed by atoms with Gasteiger partial charge >= 0.3 is 0 Å². The van der Waals surface area contributed by atoms with Crippen LogP contribution in [0.1, 0.15) is 49.2 Å². The Hall–Kier alpha value is -2.42. The molecule has 1 aromatic heterocycles. The Morgan fingerprint density at radius 2 is 1.87 bits per heavy atom. The molecule has 1 N–H and O–H groups in total. The number of hydrogen-bond donors (Lipinski definition) is 1. The first kappa shape index (κ1) is 16.9. The minimum atomic E-state index is -0.142. The lowest BCUT2D eigenvalue weighted by molar-refractivity contribution is 0.102. The predicted octanol–water partition coefficient (Wildman–Crippen LogP) is 4.96. The molecule has 2 rings (SSSR count). The van der Waals surface area contributed by atoms with Crippen LogP contribution in [0.2, 0.25) is 0 Å². The van der Waals surface area contributed by atoms with Gasteiger partial charge in [-0.1, -0.05) is 52.0 Å². The Morgan fingerprint density at radius 3 is 2.48 bits per heavy atom. The van der Waals surface area contributed by atoms with Crippen molar-refractivity contribution in [3.8, 4) is 0 Å². The number of aromatic nitrogens is 1. The highest BCUT2D eigenvalue weighted by molar-refractivity contribution is 6.03. The first-order chi connectivity index (χ1) is 10.9. The van der Waals surface area contributed by atoms with E-state index in [0.29, 0.717) is 11.4 Å². The Labute approximate surface area is 138 Å². The lowest BCUT2D eigenvalue weighted by Gasteiger charge is -2.11. The summed E-state index contributed by atoms with van der Waals surface area (Å²) in [6, 6.07) is 11.4. The van der Waals surface area contributed by atoms with Crippen molar-refractivity contribution in [2.45, 2.75) is 34.1 Å². The van der Waals surface area contributed by atoms with E-state index < -0.39 is 0 Å². The molecule has 3 heteroatoms. The highest BCUT2D eigenvalue weighted by Gasteiger charge is 2.07. The van der Waals surface area contributed by atoms with Gasteiger partial charge in [-0.05, 0) is 47.2 Å². The Bertz CT molecular complexity index is 694. The summed E-state index contributed by atoms with van der Waals surface area (Å²) in [6.45, 7) is 8.54. The minimum absolute atomic E-state index is 0.142. The lowest BCUT2D eigenvalue weighted by atomic mass is 9.95. The van der Waals surface area contributed by atoms with Crippen LogP contribution in [-0.2, 0) is 6.42 Å². The number of nitrogens with one attached hydrogen (secondary N) is 1. The SMILES string of the molecule is CCc1ccnc(NC(=O)c2ccc(C=CC(C)(C)C)cc2)c1. The largest absolute Gasteiger partial charge is 0.307 e. The van der Waals surface area contributed by atoms with Crippen molar-refractivity contribution >= 4 is 17.8 Å². The zero-order chi connectivity index (χ0) is 16.9. The Morgan fingerprint density at radius 1 is 1.17 bits per heavy atom. The second-order valence-electron chi connectivity index (χ2n) is 6.68. The van der Waals surface area contributed by atoms with Crippen LogP contribution in [0.3, 0.4) is 0 Å². The molecule has 0 radical (unpaired) electrons. The van der Waals surface area contributed by atoms with E-state index in [9.17, 15) is 4.79 Å². The second-order valence-corrected chi connectivity index (χ2v) is 6.68. The van der Waals surface area contributed by atoms with E-state index in [-0.39, 0.29) is 11.3 Å². The topological polar surface area (TPSA) is 42.0 Å². The van der Waals surface area contributed by atoms with E-state index in [1.807, 2.05) is 36.4 Å². The summed E-state index contributed by atoms with van der Waals surface area (Å²) >= 11 is 0. The number of allylic oxidation sites excluding steroid dienone is 1. The van der Waals surface area contributed by atoms with E-state index in [4.69, 9.17) is 0 Å². The van der Waals surface area contributed by atoms with Gasteiger partial charge in [0, 0.05) is 11.8 Å². The maximum atomic E-state index is 12.3. The molecule has 0 fully saturated rings. The van der Waals surface area contributed by atoms with Crippen LogP contribution in [0.25, 0.3) is 6.08 Å². The Kier molecular flexibility index (Phi) is 5.32. The number of carbonyl (C=O) groups is 1. The monoisotopic (exact) mass is 308 g/mol. The summed E-state index contributed by atoms with van der Waals surface area (Å²) in [7, 11) is 0. The standard InChI is InChI=1S/C20H24N2O/c1-5-15-11-13-21-18(14-15)22-19(23)17-8-6-16(7-9-17)10-12-20(2,3)4/h6-14H,5H2,1-4H3,(H,21,22,23). The molecule has 0 aliphatic rings. The highest BCUT2D eigenvalue weighted by Crippen LogP contribution is 2.17. The van der Waals surface area contributed by atoms with Crippen LogP contribution in [0, 0.1) is 5.41 Å². The third-order valence-electron chi connectivity index (χ3n) is 3.42. The smallest absolute Gasteiger partial charge is 0.256 e. The number of benzene rings is 1. The van der Waals surface area contributed by atoms with Crippen LogP contribution in [0.5, 0.6) is 0 Å². The van der Waals surface area contributed by atoms with Gasteiger partial charge in [-0.2, -0.15) is 0 Å². The summed E-state index contributed by atoms with van der Waals surface area (Å²) < 4.78 is 0. The van der Waals surface area contributed by atoms with Crippen molar-refractivity contribution in [3.63, 3.8) is 0 Å². The normalized spacial score (nSPS) is 11.7. The van der Waals surface area contributed by atoms with Crippen molar-refractivity contribution in [3.05, 3.63) is 65.4 Å². The molecule has 0 aliphatic carbocycles. The first-order valence-corrected chi connectivity index (χ1v) is 7.93. The predicted molar refractivity (Wildman–Crippen MR) is 96.5 cm³/mol. The molecule has 0 bridgehead atoms. The third-order valence-corrected chi connectivity index (χ3v) is 3.42. The molecule has 1 aromatic carbocycles. The molecule has 23 heavy (non-hydrogen) atoms. The van der Waals surface area contributed by atoms with Gasteiger partial charge in [0.1, 0.15) is 5.82 Å². The van der Waals surface area contributed by atoms with Gasteiger partial charge < -0.3 is 5.32 Å². The number of amides is 1. The third kappa shape index (κ3) is 5.37. The summed E-state index contributed by atoms with van der Waals surface area (Å²) in [5, 5.41) is 2.84. The van der Waals surface area contributed by atoms with Crippen LogP contribution in [0.4, 0.5) is 5.82 Å². The summed E-state index contributed by atoms with van der Waals surface area (Å²) in [5.41, 5.74) is 3.01. The summed E-state index contributed by atoms with van der Waals surface area (Å²) in [4.78, 5) is 16.5. The van der Waals surface area contributed by atoms with Crippen molar-refractivity contribution < 1.29 is 4.79 Å². The number of hydrogen-bond acceptors (Lipinski definition) is 2. The maximum absolute atomic E-state index is 12.3. The van der Waals surface area contributed by atoms with Crippen molar-refractivity contribution in [2.75, 3.05) is 5.32 Å². The zero-order valence-corrected chi connectivity index (χ0v) is 14.3. The van der Waals surface area contributed by atoms with Gasteiger partial charge in [-0.25, -0.2) is 4.98 Å². The van der Waals surface area contributed by atoms with Gasteiger partial charge in [0.25, 0.3) is 5.91 Å². The molecule has 0 unspecified atom stereocenters. The molecule has 1 heterocycles. The van der Waals surface area contributed by atoms with Crippen LogP contribution >= 0.6 is 0 Å². The molecule has 1 amide bonds. The molecular weight excluding hydrogens is 284 g/mol. The number of nitrogens with zero attached hydrogens (tertiary/aromatic N) is 1. The Balaban J connectivity index is 2.06. The van der Waals surface area contributed by atoms with Crippen LogP contribution < -0.4 is 5.32 Å². The fourth-order valence-corrected chi connectivity index (χ4v) is 2.04. The van der Waals surface area contributed by atoms with Gasteiger partial charge in [-0.3, -0.25) is 4.79 Å². The second kappa shape index (κ2) is 7.23. The van der Waals surface area contributed by atoms with Crippen molar-refractivity contribution in [1.82, 2.24) is 4.98 Å². The molecule has 0 atom stereocenters. The molecule has 0 saturated carbocycles. The maximum Gasteiger partial charge on any atom is 0.256 e. The van der Waals surface area contributed by atoms with Gasteiger partial charge in [0.2, 0.25) is 0 Å². The minimum Gasteiger partial charge on any atom is -0.307 e.